The van der Waals surface area contributed by atoms with E-state index < -0.39 is 0 Å². The SMILES string of the molecule is CSc1nc(C)c(CCC(=O)Nc2ccccc2-c2cccs2)c(=O)[nH]1. The zero-order valence-electron chi connectivity index (χ0n) is 14.5. The molecule has 0 radical (unpaired) electrons. The Morgan fingerprint density at radius 2 is 2.08 bits per heavy atom. The average Bonchev–Trinajstić information content (AvgIpc) is 3.15. The lowest BCUT2D eigenvalue weighted by atomic mass is 10.1. The average molecular weight is 386 g/mol. The molecule has 0 saturated carbocycles. The summed E-state index contributed by atoms with van der Waals surface area (Å²) in [7, 11) is 0. The maximum atomic E-state index is 12.4. The Bertz CT molecular complexity index is 965. The number of nitrogens with one attached hydrogen (secondary N) is 2. The monoisotopic (exact) mass is 385 g/mol. The first-order valence-corrected chi connectivity index (χ1v) is 10.3. The fourth-order valence-electron chi connectivity index (χ4n) is 2.67. The molecule has 2 heterocycles. The lowest BCUT2D eigenvalue weighted by Crippen LogP contribution is -2.20. The normalized spacial score (nSPS) is 10.7. The summed E-state index contributed by atoms with van der Waals surface area (Å²) in [6, 6.07) is 11.7. The minimum atomic E-state index is -0.173. The largest absolute Gasteiger partial charge is 0.325 e. The van der Waals surface area contributed by atoms with Crippen molar-refractivity contribution in [1.29, 1.82) is 0 Å². The second kappa shape index (κ2) is 8.33. The van der Waals surface area contributed by atoms with Gasteiger partial charge in [-0.3, -0.25) is 9.59 Å². The van der Waals surface area contributed by atoms with Crippen LogP contribution in [0, 0.1) is 6.92 Å². The molecule has 0 unspecified atom stereocenters. The van der Waals surface area contributed by atoms with Crippen molar-refractivity contribution in [3.8, 4) is 10.4 Å². The number of rotatable bonds is 6. The van der Waals surface area contributed by atoms with Gasteiger partial charge in [-0.15, -0.1) is 11.3 Å². The van der Waals surface area contributed by atoms with Crippen LogP contribution in [0.2, 0.25) is 0 Å². The van der Waals surface area contributed by atoms with Crippen LogP contribution in [-0.2, 0) is 11.2 Å². The van der Waals surface area contributed by atoms with Crippen molar-refractivity contribution < 1.29 is 4.79 Å². The highest BCUT2D eigenvalue weighted by atomic mass is 32.2. The minimum Gasteiger partial charge on any atom is -0.325 e. The van der Waals surface area contributed by atoms with Crippen molar-refractivity contribution in [2.75, 3.05) is 11.6 Å². The van der Waals surface area contributed by atoms with E-state index >= 15 is 0 Å². The molecule has 0 spiro atoms. The van der Waals surface area contributed by atoms with Crippen molar-refractivity contribution in [3.63, 3.8) is 0 Å². The Morgan fingerprint density at radius 3 is 2.77 bits per heavy atom. The second-order valence-electron chi connectivity index (χ2n) is 5.71. The molecule has 0 bridgehead atoms. The highest BCUT2D eigenvalue weighted by Crippen LogP contribution is 2.31. The van der Waals surface area contributed by atoms with E-state index in [0.717, 1.165) is 16.1 Å². The standard InChI is InChI=1S/C19H19N3O2S2/c1-12-13(18(24)22-19(20-12)25-2)9-10-17(23)21-15-7-4-3-6-14(15)16-8-5-11-26-16/h3-8,11H,9-10H2,1-2H3,(H,21,23)(H,20,22,24). The Labute approximate surface area is 159 Å². The lowest BCUT2D eigenvalue weighted by molar-refractivity contribution is -0.116. The van der Waals surface area contributed by atoms with Crippen LogP contribution in [0.3, 0.4) is 0 Å². The molecule has 5 nitrogen and oxygen atoms in total. The molecule has 3 rings (SSSR count). The zero-order chi connectivity index (χ0) is 18.5. The quantitative estimate of drug-likeness (QED) is 0.495. The number of anilines is 1. The molecule has 1 amide bonds. The van der Waals surface area contributed by atoms with Crippen molar-refractivity contribution in [1.82, 2.24) is 9.97 Å². The number of carbonyl (C=O) groups is 1. The summed E-state index contributed by atoms with van der Waals surface area (Å²) in [4.78, 5) is 32.7. The number of amides is 1. The number of hydrogen-bond acceptors (Lipinski definition) is 5. The molecule has 2 aromatic heterocycles. The van der Waals surface area contributed by atoms with Crippen molar-refractivity contribution >= 4 is 34.7 Å². The molecule has 0 saturated heterocycles. The van der Waals surface area contributed by atoms with Gasteiger partial charge in [-0.25, -0.2) is 4.98 Å². The summed E-state index contributed by atoms with van der Waals surface area (Å²) in [5.74, 6) is -0.123. The van der Waals surface area contributed by atoms with E-state index in [1.54, 1.807) is 18.3 Å². The molecule has 0 aliphatic heterocycles. The third-order valence-electron chi connectivity index (χ3n) is 3.98. The van der Waals surface area contributed by atoms with Gasteiger partial charge in [0.1, 0.15) is 0 Å². The van der Waals surface area contributed by atoms with Gasteiger partial charge in [0.25, 0.3) is 5.56 Å². The molecular formula is C19H19N3O2S2. The van der Waals surface area contributed by atoms with Crippen molar-refractivity contribution in [3.05, 3.63) is 63.4 Å². The third-order valence-corrected chi connectivity index (χ3v) is 5.47. The number of thiophene rings is 1. The molecule has 0 fully saturated rings. The van der Waals surface area contributed by atoms with Gasteiger partial charge >= 0.3 is 0 Å². The van der Waals surface area contributed by atoms with Crippen LogP contribution in [0.1, 0.15) is 17.7 Å². The number of benzene rings is 1. The molecule has 26 heavy (non-hydrogen) atoms. The fraction of sp³-hybridized carbons (Fsp3) is 0.211. The summed E-state index contributed by atoms with van der Waals surface area (Å²) in [6.07, 6.45) is 2.44. The van der Waals surface area contributed by atoms with Crippen LogP contribution in [0.25, 0.3) is 10.4 Å². The Balaban J connectivity index is 1.71. The number of aromatic nitrogens is 2. The number of aryl methyl sites for hydroxylation is 1. The van der Waals surface area contributed by atoms with Gasteiger partial charge in [-0.2, -0.15) is 0 Å². The summed E-state index contributed by atoms with van der Waals surface area (Å²) < 4.78 is 0. The van der Waals surface area contributed by atoms with Crippen LogP contribution >= 0.6 is 23.1 Å². The maximum Gasteiger partial charge on any atom is 0.254 e. The van der Waals surface area contributed by atoms with Gasteiger partial charge in [0.15, 0.2) is 5.16 Å². The number of H-pyrrole nitrogens is 1. The highest BCUT2D eigenvalue weighted by Gasteiger charge is 2.12. The van der Waals surface area contributed by atoms with Gasteiger partial charge in [0, 0.05) is 33.8 Å². The van der Waals surface area contributed by atoms with E-state index in [2.05, 4.69) is 15.3 Å². The van der Waals surface area contributed by atoms with Gasteiger partial charge in [-0.1, -0.05) is 36.0 Å². The molecule has 7 heteroatoms. The minimum absolute atomic E-state index is 0.123. The smallest absolute Gasteiger partial charge is 0.254 e. The first kappa shape index (κ1) is 18.4. The van der Waals surface area contributed by atoms with Crippen LogP contribution in [0.15, 0.2) is 51.7 Å². The first-order chi connectivity index (χ1) is 12.6. The summed E-state index contributed by atoms with van der Waals surface area (Å²) in [5, 5.41) is 5.56. The van der Waals surface area contributed by atoms with E-state index in [0.29, 0.717) is 22.8 Å². The Hall–Kier alpha value is -2.38. The Kier molecular flexibility index (Phi) is 5.90. The molecule has 0 aliphatic rings. The van der Waals surface area contributed by atoms with E-state index in [1.165, 1.54) is 11.8 Å². The van der Waals surface area contributed by atoms with Crippen LogP contribution < -0.4 is 10.9 Å². The molecule has 0 aliphatic carbocycles. The first-order valence-electron chi connectivity index (χ1n) is 8.15. The van der Waals surface area contributed by atoms with E-state index in [-0.39, 0.29) is 17.9 Å². The van der Waals surface area contributed by atoms with Gasteiger partial charge in [0.05, 0.1) is 0 Å². The summed E-state index contributed by atoms with van der Waals surface area (Å²) >= 11 is 3.02. The van der Waals surface area contributed by atoms with Crippen molar-refractivity contribution in [2.24, 2.45) is 0 Å². The molecule has 134 valence electrons. The Morgan fingerprint density at radius 1 is 1.27 bits per heavy atom. The molecule has 3 aromatic rings. The predicted molar refractivity (Wildman–Crippen MR) is 108 cm³/mol. The van der Waals surface area contributed by atoms with Crippen LogP contribution in [0.4, 0.5) is 5.69 Å². The number of thioether (sulfide) groups is 1. The van der Waals surface area contributed by atoms with Crippen LogP contribution in [0.5, 0.6) is 0 Å². The topological polar surface area (TPSA) is 74.8 Å². The molecule has 1 aromatic carbocycles. The molecular weight excluding hydrogens is 366 g/mol. The van der Waals surface area contributed by atoms with Gasteiger partial charge in [-0.05, 0) is 37.1 Å². The predicted octanol–water partition coefficient (Wildman–Crippen LogP) is 4.10. The zero-order valence-corrected chi connectivity index (χ0v) is 16.2. The highest BCUT2D eigenvalue weighted by molar-refractivity contribution is 7.98. The van der Waals surface area contributed by atoms with Crippen LogP contribution in [-0.4, -0.2) is 22.1 Å². The maximum absolute atomic E-state index is 12.4. The van der Waals surface area contributed by atoms with E-state index in [9.17, 15) is 9.59 Å². The fourth-order valence-corrected chi connectivity index (χ4v) is 3.85. The summed E-state index contributed by atoms with van der Waals surface area (Å²) in [5.41, 5.74) is 2.83. The van der Waals surface area contributed by atoms with E-state index in [1.807, 2.05) is 48.0 Å². The van der Waals surface area contributed by atoms with Gasteiger partial charge < -0.3 is 10.3 Å². The molecule has 0 atom stereocenters. The summed E-state index contributed by atoms with van der Waals surface area (Å²) in [6.45, 7) is 1.80. The number of carbonyl (C=O) groups excluding carboxylic acids is 1. The number of hydrogen-bond donors (Lipinski definition) is 2. The number of aromatic amines is 1. The van der Waals surface area contributed by atoms with E-state index in [4.69, 9.17) is 0 Å². The van der Waals surface area contributed by atoms with Crippen molar-refractivity contribution in [2.45, 2.75) is 24.9 Å². The number of para-hydroxylation sites is 1. The number of nitrogens with zero attached hydrogens (tertiary/aromatic N) is 1. The second-order valence-corrected chi connectivity index (χ2v) is 7.45. The third kappa shape index (κ3) is 4.23. The molecule has 2 N–H and O–H groups in total. The lowest BCUT2D eigenvalue weighted by Gasteiger charge is -2.10. The van der Waals surface area contributed by atoms with Gasteiger partial charge in [0.2, 0.25) is 5.91 Å².